The summed E-state index contributed by atoms with van der Waals surface area (Å²) in [5.74, 6) is 0.593. The van der Waals surface area contributed by atoms with Crippen LogP contribution in [0.5, 0.6) is 11.8 Å². The number of hydrogen-bond donors (Lipinski definition) is 1. The van der Waals surface area contributed by atoms with E-state index in [9.17, 15) is 10.1 Å². The Morgan fingerprint density at radius 2 is 1.64 bits per heavy atom. The van der Waals surface area contributed by atoms with Crippen LogP contribution in [-0.4, -0.2) is 37.7 Å². The van der Waals surface area contributed by atoms with Crippen molar-refractivity contribution >= 4 is 11.4 Å². The van der Waals surface area contributed by atoms with E-state index in [0.29, 0.717) is 24.8 Å². The van der Waals surface area contributed by atoms with Crippen LogP contribution in [0.3, 0.4) is 0 Å². The molecule has 0 spiro atoms. The van der Waals surface area contributed by atoms with Crippen LogP contribution in [-0.2, 0) is 14.1 Å². The fourth-order valence-electron chi connectivity index (χ4n) is 1.56. The van der Waals surface area contributed by atoms with Gasteiger partial charge in [-0.05, 0) is 13.8 Å². The largest absolute Gasteiger partial charge is 0.475 e. The third-order valence-electron chi connectivity index (χ3n) is 2.36. The van der Waals surface area contributed by atoms with Crippen LogP contribution in [0.1, 0.15) is 13.8 Å². The number of aryl methyl sites for hydroxylation is 2. The summed E-state index contributed by atoms with van der Waals surface area (Å²) in [6.07, 6.45) is 3.02. The fourth-order valence-corrected chi connectivity index (χ4v) is 1.56. The van der Waals surface area contributed by atoms with Gasteiger partial charge in [-0.25, -0.2) is 0 Å². The number of nitrogens with two attached hydrogens (primary N) is 1. The predicted octanol–water partition coefficient (Wildman–Crippen LogP) is 1.13. The van der Waals surface area contributed by atoms with Crippen molar-refractivity contribution < 1.29 is 14.4 Å². The predicted molar refractivity (Wildman–Crippen MR) is 79.8 cm³/mol. The topological polar surface area (TPSA) is 123 Å². The smallest absolute Gasteiger partial charge is 0.350 e. The molecule has 0 saturated heterocycles. The van der Waals surface area contributed by atoms with E-state index in [1.807, 2.05) is 6.92 Å². The number of nitro groups is 1. The molecule has 22 heavy (non-hydrogen) atoms. The Morgan fingerprint density at radius 3 is 2.09 bits per heavy atom. The summed E-state index contributed by atoms with van der Waals surface area (Å²) in [7, 11) is 3.41. The highest BCUT2D eigenvalue weighted by Gasteiger charge is 2.18. The van der Waals surface area contributed by atoms with E-state index < -0.39 is 4.92 Å². The van der Waals surface area contributed by atoms with Crippen molar-refractivity contribution in [3.8, 4) is 11.8 Å². The molecule has 10 heteroatoms. The van der Waals surface area contributed by atoms with E-state index in [0.717, 1.165) is 0 Å². The number of nitrogens with zero attached hydrogens (tertiary/aromatic N) is 5. The van der Waals surface area contributed by atoms with Crippen molar-refractivity contribution in [1.82, 2.24) is 19.6 Å². The molecule has 0 aromatic carbocycles. The second kappa shape index (κ2) is 7.86. The second-order valence-corrected chi connectivity index (χ2v) is 4.18. The Morgan fingerprint density at radius 1 is 1.14 bits per heavy atom. The summed E-state index contributed by atoms with van der Waals surface area (Å²) in [5, 5.41) is 18.1. The lowest BCUT2D eigenvalue weighted by molar-refractivity contribution is -0.385. The molecule has 2 rings (SSSR count). The van der Waals surface area contributed by atoms with Gasteiger partial charge in [-0.2, -0.15) is 0 Å². The zero-order valence-electron chi connectivity index (χ0n) is 13.0. The number of anilines is 1. The van der Waals surface area contributed by atoms with Crippen LogP contribution < -0.4 is 15.2 Å². The molecule has 0 aliphatic heterocycles. The highest BCUT2D eigenvalue weighted by molar-refractivity contribution is 5.45. The average Bonchev–Trinajstić information content (AvgIpc) is 2.94. The number of hydrogen-bond acceptors (Lipinski definition) is 7. The molecule has 122 valence electrons. The molecule has 10 nitrogen and oxygen atoms in total. The van der Waals surface area contributed by atoms with Crippen molar-refractivity contribution in [2.24, 2.45) is 14.1 Å². The maximum atomic E-state index is 10.4. The highest BCUT2D eigenvalue weighted by Crippen LogP contribution is 2.23. The molecule has 0 amide bonds. The minimum Gasteiger partial charge on any atom is -0.475 e. The summed E-state index contributed by atoms with van der Waals surface area (Å²) < 4.78 is 13.0. The van der Waals surface area contributed by atoms with E-state index in [4.69, 9.17) is 15.2 Å². The summed E-state index contributed by atoms with van der Waals surface area (Å²) in [6, 6.07) is 0. The van der Waals surface area contributed by atoms with Crippen LogP contribution in [0.2, 0.25) is 0 Å². The van der Waals surface area contributed by atoms with Crippen molar-refractivity contribution in [3.05, 3.63) is 22.5 Å². The molecule has 2 N–H and O–H groups in total. The Kier molecular flexibility index (Phi) is 6.17. The third-order valence-corrected chi connectivity index (χ3v) is 2.36. The fraction of sp³-hybridized carbons (Fsp3) is 0.500. The van der Waals surface area contributed by atoms with E-state index in [1.165, 1.54) is 10.9 Å². The number of ether oxygens (including phenoxy) is 2. The maximum Gasteiger partial charge on any atom is 0.350 e. The zero-order valence-corrected chi connectivity index (χ0v) is 13.0. The Balaban J connectivity index is 0.000000224. The van der Waals surface area contributed by atoms with Gasteiger partial charge in [-0.1, -0.05) is 0 Å². The molecule has 2 aromatic rings. The normalized spacial score (nSPS) is 9.82. The summed E-state index contributed by atoms with van der Waals surface area (Å²) in [4.78, 5) is 9.87. The lowest BCUT2D eigenvalue weighted by atomic mass is 10.5. The molecule has 0 atom stereocenters. The maximum absolute atomic E-state index is 10.4. The molecule has 0 saturated carbocycles. The summed E-state index contributed by atoms with van der Waals surface area (Å²) in [5.41, 5.74) is 6.01. The molecular formula is C12H20N6O4. The molecule has 0 unspecified atom stereocenters. The molecule has 0 aliphatic carbocycles. The summed E-state index contributed by atoms with van der Waals surface area (Å²) in [6.45, 7) is 4.62. The van der Waals surface area contributed by atoms with Crippen molar-refractivity contribution in [3.63, 3.8) is 0 Å². The van der Waals surface area contributed by atoms with Gasteiger partial charge in [0.05, 0.1) is 24.3 Å². The van der Waals surface area contributed by atoms with Gasteiger partial charge in [-0.3, -0.25) is 19.5 Å². The van der Waals surface area contributed by atoms with Gasteiger partial charge in [0.1, 0.15) is 11.9 Å². The molecule has 0 aliphatic rings. The Labute approximate surface area is 127 Å². The van der Waals surface area contributed by atoms with E-state index in [-0.39, 0.29) is 11.6 Å². The lowest BCUT2D eigenvalue weighted by Gasteiger charge is -1.96. The van der Waals surface area contributed by atoms with Gasteiger partial charge < -0.3 is 15.2 Å². The average molecular weight is 312 g/mol. The first-order chi connectivity index (χ1) is 10.4. The van der Waals surface area contributed by atoms with Gasteiger partial charge in [0.25, 0.3) is 5.88 Å². The monoisotopic (exact) mass is 312 g/mol. The Bertz CT molecular complexity index is 621. The summed E-state index contributed by atoms with van der Waals surface area (Å²) >= 11 is 0. The molecular weight excluding hydrogens is 292 g/mol. The molecule has 2 heterocycles. The van der Waals surface area contributed by atoms with Gasteiger partial charge >= 0.3 is 11.6 Å². The van der Waals surface area contributed by atoms with E-state index >= 15 is 0 Å². The first-order valence-electron chi connectivity index (χ1n) is 6.61. The van der Waals surface area contributed by atoms with Crippen LogP contribution >= 0.6 is 0 Å². The zero-order chi connectivity index (χ0) is 16.7. The molecule has 2 aromatic heterocycles. The first kappa shape index (κ1) is 17.3. The molecule has 0 fully saturated rings. The highest BCUT2D eigenvalue weighted by atomic mass is 16.6. The quantitative estimate of drug-likeness (QED) is 0.648. The van der Waals surface area contributed by atoms with E-state index in [1.54, 1.807) is 31.9 Å². The van der Waals surface area contributed by atoms with E-state index in [2.05, 4.69) is 10.2 Å². The van der Waals surface area contributed by atoms with Crippen molar-refractivity contribution in [2.45, 2.75) is 13.8 Å². The minimum atomic E-state index is -0.516. The number of nitrogen functional groups attached to an aromatic ring is 1. The van der Waals surface area contributed by atoms with Crippen LogP contribution in [0, 0.1) is 10.1 Å². The molecule has 0 radical (unpaired) electrons. The minimum absolute atomic E-state index is 0.0741. The Hall–Kier alpha value is -2.78. The SMILES string of the molecule is CCOc1nn(C)cc1N.CCOc1nn(C)cc1[N+](=O)[O-]. The number of rotatable bonds is 5. The van der Waals surface area contributed by atoms with Gasteiger partial charge in [-0.15, -0.1) is 10.2 Å². The van der Waals surface area contributed by atoms with Crippen molar-refractivity contribution in [2.75, 3.05) is 18.9 Å². The number of aromatic nitrogens is 4. The standard InChI is InChI=1S/C6H9N3O3.C6H11N3O/c1-3-12-6-5(9(10)11)4-8(2)7-6;1-3-10-6-5(7)4-9(2)8-6/h4H,3H2,1-2H3;4H,3,7H2,1-2H3. The van der Waals surface area contributed by atoms with Crippen LogP contribution in [0.4, 0.5) is 11.4 Å². The van der Waals surface area contributed by atoms with Crippen LogP contribution in [0.25, 0.3) is 0 Å². The van der Waals surface area contributed by atoms with Gasteiger partial charge in [0.2, 0.25) is 0 Å². The van der Waals surface area contributed by atoms with Crippen molar-refractivity contribution in [1.29, 1.82) is 0 Å². The van der Waals surface area contributed by atoms with Crippen LogP contribution in [0.15, 0.2) is 12.4 Å². The molecule has 0 bridgehead atoms. The second-order valence-electron chi connectivity index (χ2n) is 4.18. The third kappa shape index (κ3) is 4.65. The lowest BCUT2D eigenvalue weighted by Crippen LogP contribution is -1.96. The first-order valence-corrected chi connectivity index (χ1v) is 6.61. The van der Waals surface area contributed by atoms with Gasteiger partial charge in [0, 0.05) is 14.1 Å². The van der Waals surface area contributed by atoms with Gasteiger partial charge in [0.15, 0.2) is 0 Å².